The molecule has 1 saturated carbocycles. The fourth-order valence-corrected chi connectivity index (χ4v) is 3.72. The molecule has 3 heteroatoms. The number of hydrogen-bond acceptors (Lipinski definition) is 2. The van der Waals surface area contributed by atoms with Gasteiger partial charge in [-0.25, -0.2) is 0 Å². The molecule has 3 nitrogen and oxygen atoms in total. The van der Waals surface area contributed by atoms with Gasteiger partial charge in [-0.05, 0) is 64.0 Å². The van der Waals surface area contributed by atoms with Crippen LogP contribution in [0.4, 0.5) is 0 Å². The van der Waals surface area contributed by atoms with Gasteiger partial charge in [0.15, 0.2) is 0 Å². The van der Waals surface area contributed by atoms with Crippen molar-refractivity contribution in [3.63, 3.8) is 0 Å². The lowest BCUT2D eigenvalue weighted by atomic mass is 9.74. The van der Waals surface area contributed by atoms with Crippen LogP contribution in [0.2, 0.25) is 0 Å². The molecule has 2 N–H and O–H groups in total. The zero-order valence-corrected chi connectivity index (χ0v) is 12.6. The van der Waals surface area contributed by atoms with E-state index < -0.39 is 0 Å². The molecule has 2 fully saturated rings. The number of rotatable bonds is 4. The van der Waals surface area contributed by atoms with E-state index in [-0.39, 0.29) is 5.41 Å². The standard InChI is InChI=1S/C16H30N2O/c1-3-8-16(9-11-17-12-10-16)15(19)18-14-6-4-13(2)5-7-14/h13-14,17H,3-12H2,1-2H3,(H,18,19). The summed E-state index contributed by atoms with van der Waals surface area (Å²) in [7, 11) is 0. The summed E-state index contributed by atoms with van der Waals surface area (Å²) in [6.45, 7) is 6.51. The second kappa shape index (κ2) is 6.74. The smallest absolute Gasteiger partial charge is 0.226 e. The van der Waals surface area contributed by atoms with Gasteiger partial charge in [-0.2, -0.15) is 0 Å². The van der Waals surface area contributed by atoms with E-state index >= 15 is 0 Å². The SMILES string of the molecule is CCCC1(C(=O)NC2CCC(C)CC2)CCNCC1. The Morgan fingerprint density at radius 2 is 1.84 bits per heavy atom. The van der Waals surface area contributed by atoms with Gasteiger partial charge < -0.3 is 10.6 Å². The molecule has 19 heavy (non-hydrogen) atoms. The van der Waals surface area contributed by atoms with E-state index in [0.717, 1.165) is 44.7 Å². The maximum atomic E-state index is 12.7. The van der Waals surface area contributed by atoms with Crippen LogP contribution in [0.1, 0.15) is 65.2 Å². The molecule has 0 radical (unpaired) electrons. The zero-order chi connectivity index (χ0) is 13.7. The number of hydrogen-bond donors (Lipinski definition) is 2. The van der Waals surface area contributed by atoms with Crippen LogP contribution in [-0.2, 0) is 4.79 Å². The summed E-state index contributed by atoms with van der Waals surface area (Å²) in [5.74, 6) is 1.19. The molecule has 2 aliphatic rings. The van der Waals surface area contributed by atoms with E-state index in [1.807, 2.05) is 0 Å². The van der Waals surface area contributed by atoms with E-state index in [4.69, 9.17) is 0 Å². The second-order valence-electron chi connectivity index (χ2n) is 6.71. The Morgan fingerprint density at radius 3 is 2.42 bits per heavy atom. The molecule has 1 saturated heterocycles. The van der Waals surface area contributed by atoms with Gasteiger partial charge in [0, 0.05) is 6.04 Å². The van der Waals surface area contributed by atoms with Crippen LogP contribution in [0.25, 0.3) is 0 Å². The van der Waals surface area contributed by atoms with Crippen LogP contribution in [0.3, 0.4) is 0 Å². The minimum atomic E-state index is -0.0803. The summed E-state index contributed by atoms with van der Waals surface area (Å²) < 4.78 is 0. The van der Waals surface area contributed by atoms with Crippen molar-refractivity contribution in [1.29, 1.82) is 0 Å². The normalized spacial score (nSPS) is 30.8. The summed E-state index contributed by atoms with van der Waals surface area (Å²) in [5.41, 5.74) is -0.0803. The molecule has 0 atom stereocenters. The summed E-state index contributed by atoms with van der Waals surface area (Å²) >= 11 is 0. The number of carbonyl (C=O) groups is 1. The monoisotopic (exact) mass is 266 g/mol. The van der Waals surface area contributed by atoms with Gasteiger partial charge in [0.25, 0.3) is 0 Å². The van der Waals surface area contributed by atoms with E-state index in [2.05, 4.69) is 24.5 Å². The van der Waals surface area contributed by atoms with Crippen molar-refractivity contribution in [2.75, 3.05) is 13.1 Å². The quantitative estimate of drug-likeness (QED) is 0.821. The molecule has 1 aliphatic carbocycles. The summed E-state index contributed by atoms with van der Waals surface area (Å²) in [4.78, 5) is 12.7. The van der Waals surface area contributed by atoms with Crippen molar-refractivity contribution < 1.29 is 4.79 Å². The van der Waals surface area contributed by atoms with Crippen LogP contribution in [0, 0.1) is 11.3 Å². The molecule has 0 unspecified atom stereocenters. The minimum Gasteiger partial charge on any atom is -0.353 e. The molecular formula is C16H30N2O. The van der Waals surface area contributed by atoms with Gasteiger partial charge in [-0.15, -0.1) is 0 Å². The fraction of sp³-hybridized carbons (Fsp3) is 0.938. The number of piperidine rings is 1. The fourth-order valence-electron chi connectivity index (χ4n) is 3.72. The Kier molecular flexibility index (Phi) is 5.26. The zero-order valence-electron chi connectivity index (χ0n) is 12.6. The molecule has 0 aromatic carbocycles. The predicted molar refractivity (Wildman–Crippen MR) is 79.0 cm³/mol. The average molecular weight is 266 g/mol. The van der Waals surface area contributed by atoms with Crippen LogP contribution in [0.5, 0.6) is 0 Å². The molecule has 1 aliphatic heterocycles. The summed E-state index contributed by atoms with van der Waals surface area (Å²) in [6, 6.07) is 0.437. The Hall–Kier alpha value is -0.570. The lowest BCUT2D eigenvalue weighted by Crippen LogP contribution is -2.50. The lowest BCUT2D eigenvalue weighted by molar-refractivity contribution is -0.134. The third kappa shape index (κ3) is 3.71. The number of amides is 1. The first-order chi connectivity index (χ1) is 9.16. The molecule has 110 valence electrons. The molecule has 2 rings (SSSR count). The molecule has 0 spiro atoms. The van der Waals surface area contributed by atoms with Crippen molar-refractivity contribution in [2.45, 2.75) is 71.3 Å². The first-order valence-corrected chi connectivity index (χ1v) is 8.18. The van der Waals surface area contributed by atoms with E-state index in [0.29, 0.717) is 11.9 Å². The molecule has 0 aromatic heterocycles. The van der Waals surface area contributed by atoms with Gasteiger partial charge in [0.2, 0.25) is 5.91 Å². The van der Waals surface area contributed by atoms with Crippen LogP contribution in [0.15, 0.2) is 0 Å². The van der Waals surface area contributed by atoms with Gasteiger partial charge in [0.1, 0.15) is 0 Å². The third-order valence-corrected chi connectivity index (χ3v) is 5.12. The minimum absolute atomic E-state index is 0.0803. The van der Waals surface area contributed by atoms with Crippen molar-refractivity contribution >= 4 is 5.91 Å². The van der Waals surface area contributed by atoms with Crippen molar-refractivity contribution in [1.82, 2.24) is 10.6 Å². The first-order valence-electron chi connectivity index (χ1n) is 8.18. The first kappa shape index (κ1) is 14.8. The van der Waals surface area contributed by atoms with Gasteiger partial charge in [-0.1, -0.05) is 20.3 Å². The second-order valence-corrected chi connectivity index (χ2v) is 6.71. The maximum Gasteiger partial charge on any atom is 0.226 e. The molecule has 0 aromatic rings. The highest BCUT2D eigenvalue weighted by atomic mass is 16.2. The highest BCUT2D eigenvalue weighted by molar-refractivity contribution is 5.83. The van der Waals surface area contributed by atoms with E-state index in [9.17, 15) is 4.79 Å². The Labute approximate surface area is 117 Å². The van der Waals surface area contributed by atoms with E-state index in [1.165, 1.54) is 25.7 Å². The average Bonchev–Trinajstić information content (AvgIpc) is 2.43. The molecule has 0 bridgehead atoms. The van der Waals surface area contributed by atoms with Crippen LogP contribution < -0.4 is 10.6 Å². The molecular weight excluding hydrogens is 236 g/mol. The predicted octanol–water partition coefficient (Wildman–Crippen LogP) is 2.85. The topological polar surface area (TPSA) is 41.1 Å². The van der Waals surface area contributed by atoms with E-state index in [1.54, 1.807) is 0 Å². The molecule has 1 amide bonds. The van der Waals surface area contributed by atoms with Crippen molar-refractivity contribution in [3.05, 3.63) is 0 Å². The highest BCUT2D eigenvalue weighted by Gasteiger charge is 2.39. The number of carbonyl (C=O) groups excluding carboxylic acids is 1. The Balaban J connectivity index is 1.92. The largest absolute Gasteiger partial charge is 0.353 e. The van der Waals surface area contributed by atoms with Gasteiger partial charge >= 0.3 is 0 Å². The molecule has 1 heterocycles. The highest BCUT2D eigenvalue weighted by Crippen LogP contribution is 2.35. The Bertz CT molecular complexity index is 284. The van der Waals surface area contributed by atoms with Crippen molar-refractivity contribution in [2.24, 2.45) is 11.3 Å². The van der Waals surface area contributed by atoms with Crippen LogP contribution in [-0.4, -0.2) is 25.0 Å². The lowest BCUT2D eigenvalue weighted by Gasteiger charge is -2.38. The Morgan fingerprint density at radius 1 is 1.21 bits per heavy atom. The van der Waals surface area contributed by atoms with Crippen LogP contribution >= 0.6 is 0 Å². The summed E-state index contributed by atoms with van der Waals surface area (Å²) in [6.07, 6.45) is 9.06. The van der Waals surface area contributed by atoms with Crippen molar-refractivity contribution in [3.8, 4) is 0 Å². The van der Waals surface area contributed by atoms with Gasteiger partial charge in [-0.3, -0.25) is 4.79 Å². The van der Waals surface area contributed by atoms with Gasteiger partial charge in [0.05, 0.1) is 5.41 Å². The summed E-state index contributed by atoms with van der Waals surface area (Å²) in [5, 5.41) is 6.75. The third-order valence-electron chi connectivity index (χ3n) is 5.12. The maximum absolute atomic E-state index is 12.7. The number of nitrogens with one attached hydrogen (secondary N) is 2.